The summed E-state index contributed by atoms with van der Waals surface area (Å²) in [4.78, 5) is 17.3. The second-order valence-corrected chi connectivity index (χ2v) is 14.5. The fourth-order valence-corrected chi connectivity index (χ4v) is 6.49. The number of aromatic nitrogens is 2. The lowest BCUT2D eigenvalue weighted by molar-refractivity contribution is 0.0507. The van der Waals surface area contributed by atoms with E-state index < -0.39 is 22.9 Å². The average Bonchev–Trinajstić information content (AvgIpc) is 3.47. The molecule has 0 aliphatic carbocycles. The molecule has 1 saturated heterocycles. The monoisotopic (exact) mass is 577 g/mol. The van der Waals surface area contributed by atoms with Crippen LogP contribution in [0.15, 0.2) is 18.2 Å². The molecule has 0 radical (unpaired) electrons. The van der Waals surface area contributed by atoms with E-state index >= 15 is 0 Å². The van der Waals surface area contributed by atoms with Crippen molar-refractivity contribution < 1.29 is 18.5 Å². The van der Waals surface area contributed by atoms with Crippen LogP contribution < -0.4 is 9.62 Å². The number of nitrogens with zero attached hydrogens (tertiary/aromatic N) is 4. The number of imidazole rings is 1. The van der Waals surface area contributed by atoms with Gasteiger partial charge < -0.3 is 19.4 Å². The molecule has 2 aromatic rings. The minimum absolute atomic E-state index is 0.0971. The van der Waals surface area contributed by atoms with Crippen molar-refractivity contribution >= 4 is 34.0 Å². The summed E-state index contributed by atoms with van der Waals surface area (Å²) in [6.07, 6.45) is 4.83. The lowest BCUT2D eigenvalue weighted by Gasteiger charge is -2.25. The van der Waals surface area contributed by atoms with Crippen LogP contribution in [0.3, 0.4) is 0 Å². The molecular weight excluding hydrogens is 526 g/mol. The van der Waals surface area contributed by atoms with Gasteiger partial charge in [-0.05, 0) is 64.2 Å². The molecular formula is C30H51N5O4S. The fourth-order valence-electron chi connectivity index (χ4n) is 5.28. The van der Waals surface area contributed by atoms with Crippen LogP contribution in [0.2, 0.25) is 0 Å². The Bertz CT molecular complexity index is 1150. The molecule has 3 unspecified atom stereocenters. The number of methoxy groups -OCH3 is 1. The number of benzene rings is 1. The molecule has 0 spiro atoms. The molecule has 226 valence electrons. The Morgan fingerprint density at radius 3 is 2.55 bits per heavy atom. The van der Waals surface area contributed by atoms with Crippen molar-refractivity contribution in [2.45, 2.75) is 104 Å². The Balaban J connectivity index is 1.74. The zero-order valence-corrected chi connectivity index (χ0v) is 26.9. The summed E-state index contributed by atoms with van der Waals surface area (Å²) < 4.78 is 30.3. The van der Waals surface area contributed by atoms with Crippen molar-refractivity contribution in [1.29, 1.82) is 0 Å². The van der Waals surface area contributed by atoms with E-state index in [2.05, 4.69) is 43.6 Å². The maximum absolute atomic E-state index is 13.5. The minimum Gasteiger partial charge on any atom is -0.444 e. The van der Waals surface area contributed by atoms with Gasteiger partial charge in [-0.15, -0.1) is 0 Å². The number of hydrogen-bond donors (Lipinski definition) is 1. The number of aryl methyl sites for hydroxylation is 1. The van der Waals surface area contributed by atoms with Gasteiger partial charge in [0.05, 0.1) is 16.7 Å². The van der Waals surface area contributed by atoms with Gasteiger partial charge >= 0.3 is 6.09 Å². The fraction of sp³-hybridized carbons (Fsp3) is 0.733. The second kappa shape index (κ2) is 13.7. The first-order chi connectivity index (χ1) is 18.7. The molecule has 40 heavy (non-hydrogen) atoms. The summed E-state index contributed by atoms with van der Waals surface area (Å²) in [7, 11) is 3.62. The van der Waals surface area contributed by atoms with E-state index in [9.17, 15) is 9.00 Å². The third kappa shape index (κ3) is 8.66. The minimum atomic E-state index is -1.39. The van der Waals surface area contributed by atoms with Crippen molar-refractivity contribution in [3.05, 3.63) is 24.0 Å². The van der Waals surface area contributed by atoms with E-state index in [1.54, 1.807) is 11.4 Å². The number of fused-ring (bicyclic) bond motifs is 1. The summed E-state index contributed by atoms with van der Waals surface area (Å²) in [6.45, 7) is 17.2. The van der Waals surface area contributed by atoms with E-state index in [4.69, 9.17) is 14.5 Å². The van der Waals surface area contributed by atoms with Gasteiger partial charge in [-0.1, -0.05) is 40.5 Å². The van der Waals surface area contributed by atoms with Crippen LogP contribution in [0.1, 0.15) is 86.4 Å². The topological polar surface area (TPSA) is 88.9 Å². The van der Waals surface area contributed by atoms with E-state index in [1.807, 2.05) is 44.3 Å². The molecule has 3 atom stereocenters. The van der Waals surface area contributed by atoms with Crippen molar-refractivity contribution in [2.24, 2.45) is 5.92 Å². The van der Waals surface area contributed by atoms with Crippen LogP contribution in [0.4, 0.5) is 10.5 Å². The van der Waals surface area contributed by atoms with Crippen LogP contribution in [0, 0.1) is 5.92 Å². The zero-order chi connectivity index (χ0) is 29.7. The summed E-state index contributed by atoms with van der Waals surface area (Å²) >= 11 is -1.39. The molecule has 10 heteroatoms. The number of ether oxygens (including phenoxy) is 2. The number of rotatable bonds is 12. The molecule has 0 bridgehead atoms. The molecule has 1 aromatic heterocycles. The molecule has 2 heterocycles. The highest BCUT2D eigenvalue weighted by Gasteiger charge is 2.31. The maximum atomic E-state index is 13.5. The average molecular weight is 578 g/mol. The van der Waals surface area contributed by atoms with Crippen molar-refractivity contribution in [1.82, 2.24) is 19.2 Å². The van der Waals surface area contributed by atoms with Crippen LogP contribution in [-0.4, -0.2) is 69.7 Å². The molecule has 0 saturated carbocycles. The molecule has 1 fully saturated rings. The Hall–Kier alpha value is -2.17. The number of amides is 1. The van der Waals surface area contributed by atoms with Crippen molar-refractivity contribution in [3.63, 3.8) is 0 Å². The highest BCUT2D eigenvalue weighted by atomic mass is 32.2. The Kier molecular flexibility index (Phi) is 11.0. The van der Waals surface area contributed by atoms with Gasteiger partial charge in [0, 0.05) is 51.9 Å². The van der Waals surface area contributed by atoms with Gasteiger partial charge in [0.15, 0.2) is 11.2 Å². The first kappa shape index (κ1) is 32.3. The number of nitrogens with one attached hydrogen (secondary N) is 1. The van der Waals surface area contributed by atoms with Gasteiger partial charge in [-0.2, -0.15) is 0 Å². The highest BCUT2D eigenvalue weighted by molar-refractivity contribution is 7.84. The maximum Gasteiger partial charge on any atom is 0.407 e. The molecule has 1 N–H and O–H groups in total. The number of alkyl carbamates (subject to hydrolysis) is 1. The van der Waals surface area contributed by atoms with Gasteiger partial charge in [0.1, 0.15) is 11.4 Å². The molecule has 1 aliphatic heterocycles. The van der Waals surface area contributed by atoms with Gasteiger partial charge in [0.2, 0.25) is 0 Å². The molecule has 1 aliphatic rings. The normalized spacial score (nSPS) is 18.2. The van der Waals surface area contributed by atoms with Crippen LogP contribution in [-0.2, 0) is 32.6 Å². The van der Waals surface area contributed by atoms with Crippen molar-refractivity contribution in [2.75, 3.05) is 38.2 Å². The van der Waals surface area contributed by atoms with Gasteiger partial charge in [-0.25, -0.2) is 18.3 Å². The van der Waals surface area contributed by atoms with Crippen molar-refractivity contribution in [3.8, 4) is 0 Å². The van der Waals surface area contributed by atoms with Crippen LogP contribution in [0.25, 0.3) is 11.0 Å². The lowest BCUT2D eigenvalue weighted by Crippen LogP contribution is -2.42. The smallest absolute Gasteiger partial charge is 0.407 e. The molecule has 3 rings (SSSR count). The quantitative estimate of drug-likeness (QED) is 0.345. The largest absolute Gasteiger partial charge is 0.444 e. The number of anilines is 1. The third-order valence-corrected chi connectivity index (χ3v) is 8.73. The molecule has 1 aromatic carbocycles. The van der Waals surface area contributed by atoms with Crippen LogP contribution in [0.5, 0.6) is 0 Å². The predicted octanol–water partition coefficient (Wildman–Crippen LogP) is 5.79. The standard InChI is InChI=1S/C30H51N5O4S/c1-10-11-22(16-19-38-9)14-18-35-26-13-12-24(20-25(26)32-27(35)29(2,3)4)33(8)40(37)34-17-15-23(21-34)31-28(36)39-30(5,6)7/h12-13,20,22-23H,10-11,14-19,21H2,1-9H3,(H,31,36). The Labute approximate surface area is 243 Å². The number of hydrogen-bond acceptors (Lipinski definition) is 5. The number of carbonyl (C=O) groups is 1. The Morgan fingerprint density at radius 2 is 1.93 bits per heavy atom. The first-order valence-corrected chi connectivity index (χ1v) is 15.7. The highest BCUT2D eigenvalue weighted by Crippen LogP contribution is 2.31. The van der Waals surface area contributed by atoms with Gasteiger partial charge in [-0.3, -0.25) is 4.31 Å². The zero-order valence-electron chi connectivity index (χ0n) is 26.1. The number of carbonyl (C=O) groups excluding carboxylic acids is 1. The Morgan fingerprint density at radius 1 is 1.20 bits per heavy atom. The van der Waals surface area contributed by atoms with Gasteiger partial charge in [0.25, 0.3) is 0 Å². The van der Waals surface area contributed by atoms with E-state index in [0.29, 0.717) is 19.0 Å². The van der Waals surface area contributed by atoms with Crippen LogP contribution >= 0.6 is 0 Å². The molecule has 9 nitrogen and oxygen atoms in total. The summed E-state index contributed by atoms with van der Waals surface area (Å²) in [5, 5.41) is 2.91. The lowest BCUT2D eigenvalue weighted by atomic mass is 9.94. The summed E-state index contributed by atoms with van der Waals surface area (Å²) in [5.74, 6) is 1.69. The first-order valence-electron chi connectivity index (χ1n) is 14.6. The molecule has 1 amide bonds. The van der Waals surface area contributed by atoms with E-state index in [-0.39, 0.29) is 11.5 Å². The van der Waals surface area contributed by atoms with E-state index in [1.165, 1.54) is 12.8 Å². The summed E-state index contributed by atoms with van der Waals surface area (Å²) in [6, 6.07) is 6.09. The summed E-state index contributed by atoms with van der Waals surface area (Å²) in [5.41, 5.74) is 2.22. The second-order valence-electron chi connectivity index (χ2n) is 13.0. The van der Waals surface area contributed by atoms with E-state index in [0.717, 1.165) is 55.0 Å². The third-order valence-electron chi connectivity index (χ3n) is 7.28. The SMILES string of the molecule is CCCC(CCOC)CCn1c(C(C)(C)C)nc2cc(N(C)S(=O)N3CCC(NC(=O)OC(C)(C)C)C3)ccc21. The predicted molar refractivity (Wildman–Crippen MR) is 164 cm³/mol.